The number of amides is 2. The number of anilines is 1. The van der Waals surface area contributed by atoms with Crippen LogP contribution in [0.4, 0.5) is 5.69 Å². The Morgan fingerprint density at radius 2 is 1.71 bits per heavy atom. The number of sulfonamides is 1. The number of fused-ring (bicyclic) bond motifs is 1. The van der Waals surface area contributed by atoms with Crippen molar-refractivity contribution in [2.24, 2.45) is 5.92 Å². The Labute approximate surface area is 241 Å². The number of aryl methyl sites for hydroxylation is 1. The molecule has 2 aliphatic rings. The lowest BCUT2D eigenvalue weighted by atomic mass is 9.95. The number of nitrogens with one attached hydrogen (secondary N) is 1. The lowest BCUT2D eigenvalue weighted by Gasteiger charge is -2.38. The van der Waals surface area contributed by atoms with Crippen LogP contribution >= 0.6 is 0 Å². The number of hydrogen-bond donors (Lipinski definition) is 1. The first-order valence-electron chi connectivity index (χ1n) is 13.8. The lowest BCUT2D eigenvalue weighted by molar-refractivity contribution is -0.129. The van der Waals surface area contributed by atoms with Gasteiger partial charge in [-0.2, -0.15) is 4.31 Å². The molecule has 2 aliphatic heterocycles. The number of para-hydroxylation sites is 2. The van der Waals surface area contributed by atoms with E-state index in [1.54, 1.807) is 41.3 Å². The van der Waals surface area contributed by atoms with E-state index < -0.39 is 16.1 Å². The van der Waals surface area contributed by atoms with E-state index >= 15 is 0 Å². The number of carbonyl (C=O) groups excluding carboxylic acids is 2. The molecule has 2 heterocycles. The fraction of sp³-hybridized carbons (Fsp3) is 0.355. The Balaban J connectivity index is 1.25. The maximum Gasteiger partial charge on any atom is 0.262 e. The van der Waals surface area contributed by atoms with Gasteiger partial charge in [-0.1, -0.05) is 48.5 Å². The first-order valence-corrected chi connectivity index (χ1v) is 15.3. The van der Waals surface area contributed by atoms with Crippen molar-refractivity contribution >= 4 is 27.5 Å². The minimum atomic E-state index is -3.79. The zero-order valence-corrected chi connectivity index (χ0v) is 24.1. The molecule has 0 spiro atoms. The van der Waals surface area contributed by atoms with Gasteiger partial charge in [0.25, 0.3) is 5.91 Å². The minimum absolute atomic E-state index is 0.0893. The van der Waals surface area contributed by atoms with E-state index in [-0.39, 0.29) is 42.3 Å². The maximum atomic E-state index is 13.8. The Morgan fingerprint density at radius 3 is 2.44 bits per heavy atom. The Morgan fingerprint density at radius 1 is 1.00 bits per heavy atom. The summed E-state index contributed by atoms with van der Waals surface area (Å²) in [7, 11) is -2.34. The van der Waals surface area contributed by atoms with Crippen LogP contribution in [0, 0.1) is 12.8 Å². The van der Waals surface area contributed by atoms with Crippen LogP contribution in [-0.2, 0) is 26.0 Å². The number of piperidine rings is 1. The summed E-state index contributed by atoms with van der Waals surface area (Å²) >= 11 is 0. The van der Waals surface area contributed by atoms with Crippen LogP contribution in [0.1, 0.15) is 24.0 Å². The Kier molecular flexibility index (Phi) is 8.60. The van der Waals surface area contributed by atoms with Crippen LogP contribution in [0.5, 0.6) is 11.5 Å². The van der Waals surface area contributed by atoms with Crippen molar-refractivity contribution in [3.63, 3.8) is 0 Å². The van der Waals surface area contributed by atoms with Crippen LogP contribution in [0.3, 0.4) is 0 Å². The van der Waals surface area contributed by atoms with Gasteiger partial charge in [-0.05, 0) is 61.6 Å². The van der Waals surface area contributed by atoms with Gasteiger partial charge in [-0.25, -0.2) is 8.42 Å². The molecule has 1 atom stereocenters. The topological polar surface area (TPSA) is 105 Å². The average Bonchev–Trinajstić information content (AvgIpc) is 3.00. The third-order valence-corrected chi connectivity index (χ3v) is 9.55. The zero-order valence-electron chi connectivity index (χ0n) is 23.3. The van der Waals surface area contributed by atoms with Gasteiger partial charge in [0.1, 0.15) is 16.4 Å². The van der Waals surface area contributed by atoms with Crippen LogP contribution in [0.25, 0.3) is 0 Å². The van der Waals surface area contributed by atoms with E-state index in [2.05, 4.69) is 5.32 Å². The third-order valence-electron chi connectivity index (χ3n) is 7.63. The van der Waals surface area contributed by atoms with E-state index in [0.717, 1.165) is 11.1 Å². The molecule has 0 bridgehead atoms. The highest BCUT2D eigenvalue weighted by molar-refractivity contribution is 7.89. The second-order valence-corrected chi connectivity index (χ2v) is 12.3. The number of benzene rings is 3. The quantitative estimate of drug-likeness (QED) is 0.439. The van der Waals surface area contributed by atoms with Gasteiger partial charge in [0.2, 0.25) is 15.9 Å². The van der Waals surface area contributed by atoms with Crippen LogP contribution < -0.4 is 19.7 Å². The number of methoxy groups -OCH3 is 1. The highest BCUT2D eigenvalue weighted by atomic mass is 32.2. The number of rotatable bonds is 8. The van der Waals surface area contributed by atoms with Crippen LogP contribution in [0.2, 0.25) is 0 Å². The van der Waals surface area contributed by atoms with E-state index in [4.69, 9.17) is 9.47 Å². The summed E-state index contributed by atoms with van der Waals surface area (Å²) in [6.07, 6.45) is 0.590. The minimum Gasteiger partial charge on any atom is -0.495 e. The Bertz CT molecular complexity index is 1500. The summed E-state index contributed by atoms with van der Waals surface area (Å²) in [6, 6.07) is 22.1. The molecule has 10 heteroatoms. The zero-order chi connectivity index (χ0) is 29.0. The van der Waals surface area contributed by atoms with Gasteiger partial charge >= 0.3 is 0 Å². The second-order valence-electron chi connectivity index (χ2n) is 10.4. The molecule has 3 aromatic carbocycles. The normalized spacial score (nSPS) is 17.8. The van der Waals surface area contributed by atoms with Crippen molar-refractivity contribution < 1.29 is 27.5 Å². The summed E-state index contributed by atoms with van der Waals surface area (Å²) in [5.41, 5.74) is 2.55. The number of carbonyl (C=O) groups is 2. The summed E-state index contributed by atoms with van der Waals surface area (Å²) in [4.78, 5) is 28.6. The maximum absolute atomic E-state index is 13.8. The number of ether oxygens (including phenoxy) is 2. The molecule has 2 amide bonds. The highest BCUT2D eigenvalue weighted by Gasteiger charge is 2.39. The van der Waals surface area contributed by atoms with Crippen molar-refractivity contribution in [2.75, 3.05) is 38.2 Å². The van der Waals surface area contributed by atoms with Crippen molar-refractivity contribution in [2.45, 2.75) is 37.2 Å². The molecular weight excluding hydrogens is 542 g/mol. The first-order chi connectivity index (χ1) is 19.8. The van der Waals surface area contributed by atoms with E-state index in [1.807, 2.05) is 43.3 Å². The summed E-state index contributed by atoms with van der Waals surface area (Å²) in [5, 5.41) is 2.94. The fourth-order valence-electron chi connectivity index (χ4n) is 5.36. The molecule has 5 rings (SSSR count). The van der Waals surface area contributed by atoms with E-state index in [0.29, 0.717) is 43.0 Å². The van der Waals surface area contributed by atoms with Gasteiger partial charge in [0.15, 0.2) is 6.10 Å². The SMILES string of the molecule is COc1ccc(C)cc1S(=O)(=O)N1CCC(C(=O)N2C[C@@H](C(=O)NCCc3ccccc3)Oc3ccccc32)CC1. The molecule has 1 saturated heterocycles. The highest BCUT2D eigenvalue weighted by Crippen LogP contribution is 2.36. The number of hydrogen-bond acceptors (Lipinski definition) is 6. The van der Waals surface area contributed by atoms with Crippen molar-refractivity contribution in [1.29, 1.82) is 0 Å². The molecule has 1 N–H and O–H groups in total. The van der Waals surface area contributed by atoms with Crippen LogP contribution in [0.15, 0.2) is 77.7 Å². The van der Waals surface area contributed by atoms with Crippen molar-refractivity contribution in [3.05, 3.63) is 83.9 Å². The van der Waals surface area contributed by atoms with Crippen molar-refractivity contribution in [1.82, 2.24) is 9.62 Å². The van der Waals surface area contributed by atoms with Gasteiger partial charge in [0.05, 0.1) is 19.3 Å². The standard InChI is InChI=1S/C31H35N3O6S/c1-22-12-13-27(39-2)29(20-22)41(37,38)33-18-15-24(16-19-33)31(36)34-21-28(40-26-11-7-6-10-25(26)34)30(35)32-17-14-23-8-4-3-5-9-23/h3-13,20,24,28H,14-19,21H2,1-2H3,(H,32,35)/t28-/m0/s1. The van der Waals surface area contributed by atoms with Crippen molar-refractivity contribution in [3.8, 4) is 11.5 Å². The van der Waals surface area contributed by atoms with Gasteiger partial charge in [-0.3, -0.25) is 9.59 Å². The molecule has 9 nitrogen and oxygen atoms in total. The monoisotopic (exact) mass is 577 g/mol. The third kappa shape index (κ3) is 6.23. The fourth-order valence-corrected chi connectivity index (χ4v) is 7.07. The second kappa shape index (κ2) is 12.3. The van der Waals surface area contributed by atoms with Gasteiger partial charge in [-0.15, -0.1) is 0 Å². The molecule has 0 radical (unpaired) electrons. The number of nitrogens with zero attached hydrogens (tertiary/aromatic N) is 2. The molecule has 0 aliphatic carbocycles. The first kappa shape index (κ1) is 28.6. The molecular formula is C31H35N3O6S. The summed E-state index contributed by atoms with van der Waals surface area (Å²) < 4.78 is 39.6. The Hall–Kier alpha value is -3.89. The molecule has 216 valence electrons. The van der Waals surface area contributed by atoms with Crippen LogP contribution in [-0.4, -0.2) is 63.9 Å². The average molecular weight is 578 g/mol. The van der Waals surface area contributed by atoms with Gasteiger partial charge in [0, 0.05) is 25.6 Å². The summed E-state index contributed by atoms with van der Waals surface area (Å²) in [6.45, 7) is 2.81. The molecule has 0 saturated carbocycles. The smallest absolute Gasteiger partial charge is 0.262 e. The lowest BCUT2D eigenvalue weighted by Crippen LogP contribution is -2.53. The van der Waals surface area contributed by atoms with Gasteiger partial charge < -0.3 is 19.7 Å². The summed E-state index contributed by atoms with van der Waals surface area (Å²) in [5.74, 6) is -0.0169. The molecule has 1 fully saturated rings. The van der Waals surface area contributed by atoms with E-state index in [1.165, 1.54) is 11.4 Å². The molecule has 0 aromatic heterocycles. The largest absolute Gasteiger partial charge is 0.495 e. The predicted molar refractivity (Wildman–Crippen MR) is 156 cm³/mol. The molecule has 3 aromatic rings. The molecule has 0 unspecified atom stereocenters. The predicted octanol–water partition coefficient (Wildman–Crippen LogP) is 3.56. The molecule has 41 heavy (non-hydrogen) atoms. The van der Waals surface area contributed by atoms with E-state index in [9.17, 15) is 18.0 Å².